The summed E-state index contributed by atoms with van der Waals surface area (Å²) in [5.41, 5.74) is 0. The lowest BCUT2D eigenvalue weighted by Crippen LogP contribution is -2.35. The first-order valence-corrected chi connectivity index (χ1v) is 7.75. The van der Waals surface area contributed by atoms with Gasteiger partial charge >= 0.3 is 0 Å². The fraction of sp³-hybridized carbons (Fsp3) is 0.500. The molecule has 1 atom stereocenters. The molecule has 0 radical (unpaired) electrons. The maximum absolute atomic E-state index is 13.3. The van der Waals surface area contributed by atoms with Crippen molar-refractivity contribution >= 4 is 16.7 Å². The van der Waals surface area contributed by atoms with Gasteiger partial charge in [-0.05, 0) is 32.9 Å². The first kappa shape index (κ1) is 17.6. The van der Waals surface area contributed by atoms with Crippen LogP contribution in [0.5, 0.6) is 5.75 Å². The molecule has 1 amide bonds. The number of hydrogen-bond donors (Lipinski definition) is 1. The Hall–Kier alpha value is -1.50. The van der Waals surface area contributed by atoms with Crippen LogP contribution in [0.1, 0.15) is 20.8 Å². The van der Waals surface area contributed by atoms with E-state index >= 15 is 0 Å². The number of amides is 1. The number of benzene rings is 1. The maximum atomic E-state index is 13.3. The van der Waals surface area contributed by atoms with E-state index in [0.717, 1.165) is 12.1 Å². The average molecular weight is 319 g/mol. The third kappa shape index (κ3) is 6.20. The highest BCUT2D eigenvalue weighted by Crippen LogP contribution is 2.17. The highest BCUT2D eigenvalue weighted by Gasteiger charge is 2.18. The third-order valence-electron chi connectivity index (χ3n) is 2.55. The third-order valence-corrected chi connectivity index (χ3v) is 4.49. The van der Waals surface area contributed by atoms with Gasteiger partial charge in [0, 0.05) is 33.9 Å². The van der Waals surface area contributed by atoms with Crippen LogP contribution >= 0.6 is 0 Å². The molecule has 4 nitrogen and oxygen atoms in total. The van der Waals surface area contributed by atoms with Crippen molar-refractivity contribution in [2.75, 3.05) is 18.9 Å². The van der Waals surface area contributed by atoms with E-state index in [1.54, 1.807) is 0 Å². The summed E-state index contributed by atoms with van der Waals surface area (Å²) in [6.45, 7) is 5.42. The summed E-state index contributed by atoms with van der Waals surface area (Å²) in [6, 6.07) is 2.84. The summed E-state index contributed by atoms with van der Waals surface area (Å²) in [6.07, 6.45) is 0. The zero-order valence-corrected chi connectivity index (χ0v) is 13.1. The highest BCUT2D eigenvalue weighted by molar-refractivity contribution is 7.86. The van der Waals surface area contributed by atoms with Gasteiger partial charge in [-0.3, -0.25) is 9.00 Å². The van der Waals surface area contributed by atoms with Gasteiger partial charge in [0.15, 0.2) is 18.2 Å². The largest absolute Gasteiger partial charge is 0.481 e. The van der Waals surface area contributed by atoms with Crippen molar-refractivity contribution in [2.24, 2.45) is 0 Å². The Morgan fingerprint density at radius 3 is 2.57 bits per heavy atom. The van der Waals surface area contributed by atoms with Crippen molar-refractivity contribution in [2.45, 2.75) is 25.5 Å². The number of halogens is 2. The SMILES string of the molecule is CC(C)(C)S(=O)CCNC(=O)COc1ccc(F)cc1F. The molecule has 1 aromatic rings. The van der Waals surface area contributed by atoms with Gasteiger partial charge in [0.1, 0.15) is 5.82 Å². The van der Waals surface area contributed by atoms with Crippen LogP contribution < -0.4 is 10.1 Å². The van der Waals surface area contributed by atoms with Gasteiger partial charge in [-0.25, -0.2) is 8.78 Å². The van der Waals surface area contributed by atoms with Crippen LogP contribution in [0.15, 0.2) is 18.2 Å². The predicted octanol–water partition coefficient (Wildman–Crippen LogP) is 2.01. The number of carbonyl (C=O) groups excluding carboxylic acids is 1. The van der Waals surface area contributed by atoms with Crippen LogP contribution in [0.4, 0.5) is 8.78 Å². The number of hydrogen-bond acceptors (Lipinski definition) is 3. The van der Waals surface area contributed by atoms with Crippen molar-refractivity contribution in [3.8, 4) is 5.75 Å². The van der Waals surface area contributed by atoms with Crippen LogP contribution in [0.25, 0.3) is 0 Å². The molecule has 0 fully saturated rings. The molecule has 1 unspecified atom stereocenters. The normalized spacial score (nSPS) is 12.8. The minimum absolute atomic E-state index is 0.190. The standard InChI is InChI=1S/C14H19F2NO3S/c1-14(2,3)21(19)7-6-17-13(18)9-20-12-5-4-10(15)8-11(12)16/h4-5,8H,6-7,9H2,1-3H3,(H,17,18). The molecular weight excluding hydrogens is 300 g/mol. The first-order valence-electron chi connectivity index (χ1n) is 6.43. The molecule has 1 rings (SSSR count). The summed E-state index contributed by atoms with van der Waals surface area (Å²) < 4.78 is 42.3. The second-order valence-corrected chi connectivity index (χ2v) is 7.70. The minimum atomic E-state index is -1.06. The Kier molecular flexibility index (Phi) is 6.26. The van der Waals surface area contributed by atoms with Crippen LogP contribution in [0.3, 0.4) is 0 Å². The number of ether oxygens (including phenoxy) is 1. The van der Waals surface area contributed by atoms with E-state index in [9.17, 15) is 17.8 Å². The Morgan fingerprint density at radius 2 is 2.00 bits per heavy atom. The summed E-state index contributed by atoms with van der Waals surface area (Å²) >= 11 is 0. The molecule has 0 heterocycles. The van der Waals surface area contributed by atoms with E-state index in [-0.39, 0.29) is 23.6 Å². The van der Waals surface area contributed by atoms with E-state index in [1.807, 2.05) is 20.8 Å². The minimum Gasteiger partial charge on any atom is -0.481 e. The first-order chi connectivity index (χ1) is 9.70. The average Bonchev–Trinajstić information content (AvgIpc) is 2.36. The molecule has 0 aliphatic carbocycles. The Balaban J connectivity index is 2.33. The van der Waals surface area contributed by atoms with Crippen LogP contribution in [0, 0.1) is 11.6 Å². The quantitative estimate of drug-likeness (QED) is 0.872. The molecule has 0 aromatic heterocycles. The fourth-order valence-corrected chi connectivity index (χ4v) is 2.28. The van der Waals surface area contributed by atoms with Gasteiger partial charge in [0.2, 0.25) is 0 Å². The van der Waals surface area contributed by atoms with Crippen molar-refractivity contribution in [1.82, 2.24) is 5.32 Å². The van der Waals surface area contributed by atoms with E-state index in [0.29, 0.717) is 11.8 Å². The molecule has 0 saturated heterocycles. The Bertz CT molecular complexity index is 529. The number of carbonyl (C=O) groups is 1. The van der Waals surface area contributed by atoms with Gasteiger partial charge in [-0.1, -0.05) is 0 Å². The molecular formula is C14H19F2NO3S. The zero-order valence-electron chi connectivity index (χ0n) is 12.2. The van der Waals surface area contributed by atoms with Crippen LogP contribution in [-0.4, -0.2) is 33.8 Å². The summed E-state index contributed by atoms with van der Waals surface area (Å²) in [5, 5.41) is 2.53. The topological polar surface area (TPSA) is 55.4 Å². The lowest BCUT2D eigenvalue weighted by Gasteiger charge is -2.17. The lowest BCUT2D eigenvalue weighted by molar-refractivity contribution is -0.123. The second-order valence-electron chi connectivity index (χ2n) is 5.38. The summed E-state index contributed by atoms with van der Waals surface area (Å²) in [7, 11) is -1.06. The molecule has 0 aliphatic heterocycles. The van der Waals surface area contributed by atoms with Crippen molar-refractivity contribution in [3.05, 3.63) is 29.8 Å². The van der Waals surface area contributed by atoms with E-state index < -0.39 is 28.3 Å². The van der Waals surface area contributed by atoms with Crippen LogP contribution in [-0.2, 0) is 15.6 Å². The van der Waals surface area contributed by atoms with E-state index in [1.165, 1.54) is 0 Å². The lowest BCUT2D eigenvalue weighted by atomic mass is 10.3. The van der Waals surface area contributed by atoms with E-state index in [2.05, 4.69) is 5.32 Å². The molecule has 0 bridgehead atoms. The summed E-state index contributed by atoms with van der Waals surface area (Å²) in [5.74, 6) is -1.89. The van der Waals surface area contributed by atoms with Gasteiger partial charge in [-0.15, -0.1) is 0 Å². The maximum Gasteiger partial charge on any atom is 0.257 e. The van der Waals surface area contributed by atoms with Crippen molar-refractivity contribution < 1.29 is 22.5 Å². The van der Waals surface area contributed by atoms with E-state index in [4.69, 9.17) is 4.74 Å². The molecule has 0 aliphatic rings. The van der Waals surface area contributed by atoms with Crippen molar-refractivity contribution in [3.63, 3.8) is 0 Å². The summed E-state index contributed by atoms with van der Waals surface area (Å²) in [4.78, 5) is 11.5. The number of rotatable bonds is 6. The molecule has 0 saturated carbocycles. The number of nitrogens with one attached hydrogen (secondary N) is 1. The molecule has 1 aromatic carbocycles. The second kappa shape index (κ2) is 7.49. The van der Waals surface area contributed by atoms with Gasteiger partial charge in [0.05, 0.1) is 0 Å². The zero-order chi connectivity index (χ0) is 16.0. The van der Waals surface area contributed by atoms with Gasteiger partial charge in [0.25, 0.3) is 5.91 Å². The molecule has 7 heteroatoms. The van der Waals surface area contributed by atoms with Crippen molar-refractivity contribution in [1.29, 1.82) is 0 Å². The molecule has 118 valence electrons. The Labute approximate surface area is 125 Å². The highest BCUT2D eigenvalue weighted by atomic mass is 32.2. The van der Waals surface area contributed by atoms with Gasteiger partial charge < -0.3 is 10.1 Å². The predicted molar refractivity (Wildman–Crippen MR) is 77.6 cm³/mol. The van der Waals surface area contributed by atoms with Crippen LogP contribution in [0.2, 0.25) is 0 Å². The van der Waals surface area contributed by atoms with Gasteiger partial charge in [-0.2, -0.15) is 0 Å². The smallest absolute Gasteiger partial charge is 0.257 e. The monoisotopic (exact) mass is 319 g/mol. The Morgan fingerprint density at radius 1 is 1.33 bits per heavy atom. The fourth-order valence-electron chi connectivity index (χ4n) is 1.38. The molecule has 1 N–H and O–H groups in total. The molecule has 0 spiro atoms. The molecule has 21 heavy (non-hydrogen) atoms.